The van der Waals surface area contributed by atoms with Crippen LogP contribution in [0.2, 0.25) is 0 Å². The van der Waals surface area contributed by atoms with E-state index in [1.807, 2.05) is 0 Å². The first kappa shape index (κ1) is 14.0. The van der Waals surface area contributed by atoms with E-state index >= 15 is 0 Å². The zero-order chi connectivity index (χ0) is 14.0. The number of hydrogen-bond donors (Lipinski definition) is 1. The van der Waals surface area contributed by atoms with Crippen molar-refractivity contribution in [3.63, 3.8) is 0 Å². The number of anilines is 1. The van der Waals surface area contributed by atoms with Crippen LogP contribution in [0.5, 0.6) is 0 Å². The molecule has 1 aliphatic rings. The number of aromatic nitrogens is 2. The highest BCUT2D eigenvalue weighted by atomic mass is 79.9. The molecule has 1 fully saturated rings. The Morgan fingerprint density at radius 2 is 2.05 bits per heavy atom. The summed E-state index contributed by atoms with van der Waals surface area (Å²) in [7, 11) is 0. The van der Waals surface area contributed by atoms with Gasteiger partial charge in [0.05, 0.1) is 10.5 Å². The van der Waals surface area contributed by atoms with Gasteiger partial charge in [-0.25, -0.2) is 9.97 Å². The van der Waals surface area contributed by atoms with Crippen molar-refractivity contribution in [2.24, 2.45) is 0 Å². The van der Waals surface area contributed by atoms with E-state index in [9.17, 15) is 18.0 Å². The second kappa shape index (κ2) is 5.32. The molecule has 0 radical (unpaired) electrons. The molecule has 0 saturated carbocycles. The average molecular weight is 339 g/mol. The normalized spacial score (nSPS) is 19.9. The molecule has 1 aromatic rings. The van der Waals surface area contributed by atoms with Crippen molar-refractivity contribution in [2.75, 3.05) is 18.4 Å². The topological polar surface area (TPSA) is 58.1 Å². The van der Waals surface area contributed by atoms with Crippen molar-refractivity contribution >= 4 is 27.8 Å². The summed E-state index contributed by atoms with van der Waals surface area (Å²) < 4.78 is 37.4. The van der Waals surface area contributed by atoms with Crippen LogP contribution in [0, 0.1) is 0 Å². The fourth-order valence-electron chi connectivity index (χ4n) is 1.81. The fourth-order valence-corrected chi connectivity index (χ4v) is 2.01. The van der Waals surface area contributed by atoms with Crippen LogP contribution in [0.4, 0.5) is 19.1 Å². The molecule has 9 heteroatoms. The fraction of sp³-hybridized carbons (Fsp3) is 0.500. The van der Waals surface area contributed by atoms with E-state index in [1.165, 1.54) is 12.4 Å². The van der Waals surface area contributed by atoms with Gasteiger partial charge in [-0.05, 0) is 15.9 Å². The molecule has 2 rings (SSSR count). The smallest absolute Gasteiger partial charge is 0.349 e. The van der Waals surface area contributed by atoms with Crippen molar-refractivity contribution in [3.8, 4) is 0 Å². The number of likely N-dealkylation sites (tertiary alicyclic amines) is 1. The van der Waals surface area contributed by atoms with Gasteiger partial charge in [0.1, 0.15) is 6.54 Å². The van der Waals surface area contributed by atoms with Crippen molar-refractivity contribution in [2.45, 2.75) is 18.6 Å². The number of carbonyl (C=O) groups is 1. The Hall–Kier alpha value is -1.38. The number of carbonyl (C=O) groups excluding carboxylic acids is 1. The van der Waals surface area contributed by atoms with E-state index in [0.29, 0.717) is 4.47 Å². The summed E-state index contributed by atoms with van der Waals surface area (Å²) in [6.45, 7) is -1.22. The molecule has 1 aliphatic heterocycles. The molecule has 0 aromatic carbocycles. The lowest BCUT2D eigenvalue weighted by Crippen LogP contribution is -2.36. The van der Waals surface area contributed by atoms with Crippen molar-refractivity contribution in [1.29, 1.82) is 0 Å². The highest BCUT2D eigenvalue weighted by molar-refractivity contribution is 9.10. The Morgan fingerprint density at radius 1 is 1.42 bits per heavy atom. The van der Waals surface area contributed by atoms with Crippen molar-refractivity contribution in [3.05, 3.63) is 16.9 Å². The van der Waals surface area contributed by atoms with E-state index in [2.05, 4.69) is 31.2 Å². The van der Waals surface area contributed by atoms with Crippen LogP contribution < -0.4 is 5.32 Å². The van der Waals surface area contributed by atoms with Crippen molar-refractivity contribution < 1.29 is 18.0 Å². The van der Waals surface area contributed by atoms with Gasteiger partial charge in [0.2, 0.25) is 11.9 Å². The Bertz CT molecular complexity index is 465. The number of hydrogen-bond acceptors (Lipinski definition) is 4. The number of amides is 1. The molecule has 1 N–H and O–H groups in total. The minimum absolute atomic E-state index is 0.00222. The van der Waals surface area contributed by atoms with Gasteiger partial charge < -0.3 is 10.2 Å². The van der Waals surface area contributed by atoms with Gasteiger partial charge in [0.15, 0.2) is 0 Å². The molecule has 0 spiro atoms. The summed E-state index contributed by atoms with van der Waals surface area (Å²) in [5.74, 6) is -0.234. The summed E-state index contributed by atoms with van der Waals surface area (Å²) >= 11 is 3.17. The van der Waals surface area contributed by atoms with Crippen LogP contribution in [0.3, 0.4) is 0 Å². The maximum atomic E-state index is 12.2. The molecule has 1 atom stereocenters. The number of rotatable bonds is 3. The Morgan fingerprint density at radius 3 is 2.63 bits per heavy atom. The lowest BCUT2D eigenvalue weighted by Gasteiger charge is -2.18. The molecule has 1 unspecified atom stereocenters. The van der Waals surface area contributed by atoms with E-state index < -0.39 is 24.7 Å². The van der Waals surface area contributed by atoms with Gasteiger partial charge in [-0.3, -0.25) is 4.79 Å². The molecule has 0 aliphatic carbocycles. The SMILES string of the molecule is O=C1CC(Nc2ncc(Br)cn2)CN1CC(F)(F)F. The third kappa shape index (κ3) is 4.05. The van der Waals surface area contributed by atoms with Gasteiger partial charge in [0.25, 0.3) is 0 Å². The zero-order valence-corrected chi connectivity index (χ0v) is 11.2. The lowest BCUT2D eigenvalue weighted by molar-refractivity contribution is -0.157. The first-order valence-corrected chi connectivity index (χ1v) is 6.21. The Kier molecular flexibility index (Phi) is 3.93. The molecular weight excluding hydrogens is 329 g/mol. The summed E-state index contributed by atoms with van der Waals surface area (Å²) in [5, 5.41) is 2.84. The van der Waals surface area contributed by atoms with Crippen LogP contribution in [-0.4, -0.2) is 46.1 Å². The predicted molar refractivity (Wildman–Crippen MR) is 64.4 cm³/mol. The van der Waals surface area contributed by atoms with Gasteiger partial charge in [-0.1, -0.05) is 0 Å². The first-order valence-electron chi connectivity index (χ1n) is 5.42. The van der Waals surface area contributed by atoms with Crippen LogP contribution in [0.1, 0.15) is 6.42 Å². The molecule has 19 heavy (non-hydrogen) atoms. The van der Waals surface area contributed by atoms with Crippen LogP contribution in [0.15, 0.2) is 16.9 Å². The highest BCUT2D eigenvalue weighted by Gasteiger charge is 2.38. The molecule has 5 nitrogen and oxygen atoms in total. The number of nitrogens with zero attached hydrogens (tertiary/aromatic N) is 3. The minimum Gasteiger partial charge on any atom is -0.349 e. The van der Waals surface area contributed by atoms with Gasteiger partial charge in [-0.15, -0.1) is 0 Å². The molecule has 1 aromatic heterocycles. The maximum absolute atomic E-state index is 12.2. The Labute approximate surface area is 115 Å². The van der Waals surface area contributed by atoms with Crippen molar-refractivity contribution in [1.82, 2.24) is 14.9 Å². The quantitative estimate of drug-likeness (QED) is 0.913. The zero-order valence-electron chi connectivity index (χ0n) is 9.62. The second-order valence-electron chi connectivity index (χ2n) is 4.16. The van der Waals surface area contributed by atoms with E-state index in [1.54, 1.807) is 0 Å². The predicted octanol–water partition coefficient (Wildman–Crippen LogP) is 1.81. The largest absolute Gasteiger partial charge is 0.406 e. The molecule has 2 heterocycles. The Balaban J connectivity index is 1.94. The van der Waals surface area contributed by atoms with Gasteiger partial charge >= 0.3 is 6.18 Å². The molecular formula is C10H10BrF3N4O. The van der Waals surface area contributed by atoms with E-state index in [0.717, 1.165) is 4.90 Å². The van der Waals surface area contributed by atoms with Crippen LogP contribution >= 0.6 is 15.9 Å². The van der Waals surface area contributed by atoms with Crippen LogP contribution in [-0.2, 0) is 4.79 Å². The number of alkyl halides is 3. The monoisotopic (exact) mass is 338 g/mol. The van der Waals surface area contributed by atoms with Crippen LogP contribution in [0.25, 0.3) is 0 Å². The van der Waals surface area contributed by atoms with Gasteiger partial charge in [-0.2, -0.15) is 13.2 Å². The lowest BCUT2D eigenvalue weighted by atomic mass is 10.3. The summed E-state index contributed by atoms with van der Waals surface area (Å²) in [6.07, 6.45) is -1.34. The third-order valence-corrected chi connectivity index (χ3v) is 2.95. The molecule has 0 bridgehead atoms. The average Bonchev–Trinajstić information content (AvgIpc) is 2.60. The van der Waals surface area contributed by atoms with E-state index in [4.69, 9.17) is 0 Å². The number of halogens is 4. The standard InChI is InChI=1S/C10H10BrF3N4O/c11-6-2-15-9(16-3-6)17-7-1-8(19)18(4-7)5-10(12,13)14/h2-3,7H,1,4-5H2,(H,15,16,17). The first-order chi connectivity index (χ1) is 8.83. The maximum Gasteiger partial charge on any atom is 0.406 e. The summed E-state index contributed by atoms with van der Waals surface area (Å²) in [6, 6.07) is -0.406. The second-order valence-corrected chi connectivity index (χ2v) is 5.08. The van der Waals surface area contributed by atoms with Gasteiger partial charge in [0, 0.05) is 25.4 Å². The molecule has 1 amide bonds. The highest BCUT2D eigenvalue weighted by Crippen LogP contribution is 2.22. The summed E-state index contributed by atoms with van der Waals surface area (Å²) in [4.78, 5) is 20.1. The number of nitrogens with one attached hydrogen (secondary N) is 1. The summed E-state index contributed by atoms with van der Waals surface area (Å²) in [5.41, 5.74) is 0. The molecule has 104 valence electrons. The van der Waals surface area contributed by atoms with E-state index in [-0.39, 0.29) is 18.9 Å². The third-order valence-electron chi connectivity index (χ3n) is 2.54. The minimum atomic E-state index is -4.38. The molecule has 1 saturated heterocycles.